The first-order valence-electron chi connectivity index (χ1n) is 5.91. The number of carboxylic acid groups (broad SMARTS) is 1. The van der Waals surface area contributed by atoms with Gasteiger partial charge in [0.05, 0.1) is 15.8 Å². The van der Waals surface area contributed by atoms with Gasteiger partial charge in [-0.15, -0.1) is 0 Å². The van der Waals surface area contributed by atoms with Gasteiger partial charge < -0.3 is 5.11 Å². The summed E-state index contributed by atoms with van der Waals surface area (Å²) in [5.74, 6) is -2.44. The highest BCUT2D eigenvalue weighted by Gasteiger charge is 2.41. The second-order valence-electron chi connectivity index (χ2n) is 4.78. The summed E-state index contributed by atoms with van der Waals surface area (Å²) in [7, 11) is -3.74. The number of nitrogens with zero attached hydrogens (tertiary/aromatic N) is 1. The van der Waals surface area contributed by atoms with Crippen LogP contribution in [0.3, 0.4) is 0 Å². The van der Waals surface area contributed by atoms with Gasteiger partial charge in [-0.1, -0.05) is 18.5 Å². The summed E-state index contributed by atoms with van der Waals surface area (Å²) in [6.07, 6.45) is 0. The molecule has 1 heterocycles. The predicted octanol–water partition coefficient (Wildman–Crippen LogP) is 1.82. The molecule has 20 heavy (non-hydrogen) atoms. The summed E-state index contributed by atoms with van der Waals surface area (Å²) in [4.78, 5) is 10.7. The maximum absolute atomic E-state index is 13.0. The van der Waals surface area contributed by atoms with Crippen LogP contribution in [-0.2, 0) is 14.8 Å². The smallest absolute Gasteiger partial charge is 0.306 e. The van der Waals surface area contributed by atoms with Crippen molar-refractivity contribution in [1.82, 2.24) is 4.31 Å². The van der Waals surface area contributed by atoms with E-state index in [-0.39, 0.29) is 28.9 Å². The highest BCUT2D eigenvalue weighted by atomic mass is 35.5. The van der Waals surface area contributed by atoms with E-state index in [1.165, 1.54) is 4.31 Å². The normalized spacial score (nSPS) is 18.6. The molecular weight excluding hydrogens is 309 g/mol. The Morgan fingerprint density at radius 2 is 2.10 bits per heavy atom. The van der Waals surface area contributed by atoms with Crippen molar-refractivity contribution in [2.45, 2.75) is 11.8 Å². The third-order valence-corrected chi connectivity index (χ3v) is 5.62. The zero-order valence-electron chi connectivity index (χ0n) is 10.6. The van der Waals surface area contributed by atoms with Crippen molar-refractivity contribution in [3.05, 3.63) is 29.0 Å². The number of hydrogen-bond donors (Lipinski definition) is 1. The third kappa shape index (κ3) is 2.65. The van der Waals surface area contributed by atoms with Crippen LogP contribution in [0.4, 0.5) is 4.39 Å². The van der Waals surface area contributed by atoms with Crippen molar-refractivity contribution in [3.8, 4) is 0 Å². The van der Waals surface area contributed by atoms with Crippen LogP contribution in [0.2, 0.25) is 5.02 Å². The van der Waals surface area contributed by atoms with E-state index in [4.69, 9.17) is 16.7 Å². The third-order valence-electron chi connectivity index (χ3n) is 3.50. The predicted molar refractivity (Wildman–Crippen MR) is 70.5 cm³/mol. The lowest BCUT2D eigenvalue weighted by Gasteiger charge is -2.39. The van der Waals surface area contributed by atoms with Gasteiger partial charge in [-0.2, -0.15) is 4.31 Å². The Kier molecular flexibility index (Phi) is 4.04. The van der Waals surface area contributed by atoms with Crippen LogP contribution in [-0.4, -0.2) is 36.9 Å². The number of rotatable bonds is 4. The maximum Gasteiger partial charge on any atom is 0.306 e. The molecular formula is C12H13ClFNO4S. The Morgan fingerprint density at radius 1 is 1.50 bits per heavy atom. The van der Waals surface area contributed by atoms with Gasteiger partial charge >= 0.3 is 5.97 Å². The molecule has 1 aliphatic heterocycles. The fourth-order valence-electron chi connectivity index (χ4n) is 1.97. The van der Waals surface area contributed by atoms with Gasteiger partial charge in [0.2, 0.25) is 10.0 Å². The Balaban J connectivity index is 2.14. The van der Waals surface area contributed by atoms with Gasteiger partial charge in [0.15, 0.2) is 0 Å². The van der Waals surface area contributed by atoms with E-state index in [1.807, 2.05) is 0 Å². The lowest BCUT2D eigenvalue weighted by atomic mass is 9.89. The molecule has 0 aliphatic carbocycles. The molecule has 8 heteroatoms. The van der Waals surface area contributed by atoms with Crippen molar-refractivity contribution in [2.75, 3.05) is 13.1 Å². The minimum Gasteiger partial charge on any atom is -0.481 e. The fraction of sp³-hybridized carbons (Fsp3) is 0.417. The quantitative estimate of drug-likeness (QED) is 0.918. The van der Waals surface area contributed by atoms with E-state index < -0.39 is 27.7 Å². The SMILES string of the molecule is CC(C(=O)O)C1CN(S(=O)(=O)c2ccc(F)c(Cl)c2)C1. The molecule has 0 radical (unpaired) electrons. The summed E-state index contributed by atoms with van der Waals surface area (Å²) in [6, 6.07) is 3.19. The molecule has 0 bridgehead atoms. The molecule has 5 nitrogen and oxygen atoms in total. The van der Waals surface area contributed by atoms with Gasteiger partial charge in [0, 0.05) is 13.1 Å². The average Bonchev–Trinajstić information content (AvgIpc) is 2.29. The second kappa shape index (κ2) is 5.31. The van der Waals surface area contributed by atoms with E-state index in [2.05, 4.69) is 0 Å². The zero-order chi connectivity index (χ0) is 15.1. The molecule has 1 aromatic rings. The van der Waals surface area contributed by atoms with E-state index in [0.29, 0.717) is 0 Å². The highest BCUT2D eigenvalue weighted by Crippen LogP contribution is 2.31. The van der Waals surface area contributed by atoms with Crippen LogP contribution in [0.1, 0.15) is 6.92 Å². The standard InChI is InChI=1S/C12H13ClFNO4S/c1-7(12(16)17)8-5-15(6-8)20(18,19)9-2-3-11(14)10(13)4-9/h2-4,7-8H,5-6H2,1H3,(H,16,17). The molecule has 1 atom stereocenters. The number of sulfonamides is 1. The Morgan fingerprint density at radius 3 is 2.60 bits per heavy atom. The van der Waals surface area contributed by atoms with Crippen LogP contribution in [0, 0.1) is 17.7 Å². The minimum atomic E-state index is -3.74. The van der Waals surface area contributed by atoms with Crippen LogP contribution in [0.5, 0.6) is 0 Å². The number of hydrogen-bond acceptors (Lipinski definition) is 3. The lowest BCUT2D eigenvalue weighted by molar-refractivity contribution is -0.144. The van der Waals surface area contributed by atoms with Crippen LogP contribution in [0.25, 0.3) is 0 Å². The van der Waals surface area contributed by atoms with Gasteiger partial charge in [-0.25, -0.2) is 12.8 Å². The molecule has 0 amide bonds. The van der Waals surface area contributed by atoms with Crippen LogP contribution >= 0.6 is 11.6 Å². The van der Waals surface area contributed by atoms with Crippen LogP contribution in [0.15, 0.2) is 23.1 Å². The number of carbonyl (C=O) groups is 1. The molecule has 1 fully saturated rings. The molecule has 110 valence electrons. The van der Waals surface area contributed by atoms with E-state index in [1.54, 1.807) is 6.92 Å². The van der Waals surface area contributed by atoms with Crippen molar-refractivity contribution in [1.29, 1.82) is 0 Å². The Hall–Kier alpha value is -1.18. The van der Waals surface area contributed by atoms with E-state index >= 15 is 0 Å². The van der Waals surface area contributed by atoms with Crippen molar-refractivity contribution < 1.29 is 22.7 Å². The van der Waals surface area contributed by atoms with E-state index in [9.17, 15) is 17.6 Å². The van der Waals surface area contributed by atoms with Crippen LogP contribution < -0.4 is 0 Å². The average molecular weight is 322 g/mol. The summed E-state index contributed by atoms with van der Waals surface area (Å²) < 4.78 is 38.6. The molecule has 1 N–H and O–H groups in total. The number of halogens is 2. The number of benzene rings is 1. The van der Waals surface area contributed by atoms with Crippen molar-refractivity contribution in [2.24, 2.45) is 11.8 Å². The molecule has 1 aromatic carbocycles. The zero-order valence-corrected chi connectivity index (χ0v) is 12.2. The van der Waals surface area contributed by atoms with Gasteiger partial charge in [0.1, 0.15) is 5.82 Å². The fourth-order valence-corrected chi connectivity index (χ4v) is 3.80. The van der Waals surface area contributed by atoms with Gasteiger partial charge in [-0.3, -0.25) is 4.79 Å². The molecule has 1 aliphatic rings. The number of aliphatic carboxylic acids is 1. The minimum absolute atomic E-state index is 0.0923. The molecule has 0 aromatic heterocycles. The van der Waals surface area contributed by atoms with Gasteiger partial charge in [0.25, 0.3) is 0 Å². The van der Waals surface area contributed by atoms with E-state index in [0.717, 1.165) is 18.2 Å². The monoisotopic (exact) mass is 321 g/mol. The first-order valence-corrected chi connectivity index (χ1v) is 7.73. The largest absolute Gasteiger partial charge is 0.481 e. The molecule has 0 saturated carbocycles. The summed E-state index contributed by atoms with van der Waals surface area (Å²) in [5.41, 5.74) is 0. The first kappa shape index (κ1) is 15.2. The number of carboxylic acids is 1. The Bertz CT molecular complexity index is 643. The summed E-state index contributed by atoms with van der Waals surface area (Å²) >= 11 is 5.57. The second-order valence-corrected chi connectivity index (χ2v) is 7.13. The topological polar surface area (TPSA) is 74.7 Å². The van der Waals surface area contributed by atoms with Crippen molar-refractivity contribution in [3.63, 3.8) is 0 Å². The first-order chi connectivity index (χ1) is 9.23. The molecule has 2 rings (SSSR count). The summed E-state index contributed by atoms with van der Waals surface area (Å²) in [5, 5.41) is 8.60. The molecule has 1 unspecified atom stereocenters. The Labute approximate surface area is 121 Å². The lowest BCUT2D eigenvalue weighted by Crippen LogP contribution is -2.53. The summed E-state index contributed by atoms with van der Waals surface area (Å²) in [6.45, 7) is 1.83. The van der Waals surface area contributed by atoms with Gasteiger partial charge in [-0.05, 0) is 24.1 Å². The maximum atomic E-state index is 13.0. The molecule has 1 saturated heterocycles. The van der Waals surface area contributed by atoms with Crippen molar-refractivity contribution >= 4 is 27.6 Å². The highest BCUT2D eigenvalue weighted by molar-refractivity contribution is 7.89. The molecule has 0 spiro atoms.